The number of hydrogen-bond donors (Lipinski definition) is 1. The standard InChI is InChI=1S/C44H89N3O3/c1-8-10-12-14-16-18-20-22-24-26-28-30-32-41(33-31-29-27-25-23-21-19-17-15-13-11-9-2)38-46-39-42(47-45)40-50-44(5,6)35-37-49-43(3,4)34-36-48-7/h39,41H,8-38,40,45H2,1-7H3/b46-39?,47-42+. The van der Waals surface area contributed by atoms with Crippen molar-refractivity contribution in [3.63, 3.8) is 0 Å². The number of nitrogens with zero attached hydrogens (tertiary/aromatic N) is 2. The molecule has 0 amide bonds. The number of ether oxygens (including phenoxy) is 3. The number of methoxy groups -OCH3 is 1. The third-order valence-corrected chi connectivity index (χ3v) is 10.4. The van der Waals surface area contributed by atoms with Crippen LogP contribution >= 0.6 is 0 Å². The molecule has 0 aliphatic carbocycles. The summed E-state index contributed by atoms with van der Waals surface area (Å²) < 4.78 is 17.6. The maximum atomic E-state index is 6.23. The van der Waals surface area contributed by atoms with Crippen LogP contribution in [0, 0.1) is 5.92 Å². The molecule has 298 valence electrons. The first-order chi connectivity index (χ1) is 24.2. The molecular weight excluding hydrogens is 619 g/mol. The van der Waals surface area contributed by atoms with Gasteiger partial charge in [0.15, 0.2) is 0 Å². The van der Waals surface area contributed by atoms with Gasteiger partial charge < -0.3 is 20.1 Å². The average molecular weight is 708 g/mol. The van der Waals surface area contributed by atoms with Crippen LogP contribution in [0.1, 0.15) is 221 Å². The third kappa shape index (κ3) is 34.1. The summed E-state index contributed by atoms with van der Waals surface area (Å²) in [6, 6.07) is 0. The van der Waals surface area contributed by atoms with Gasteiger partial charge in [0.25, 0.3) is 0 Å². The molecule has 0 saturated heterocycles. The van der Waals surface area contributed by atoms with E-state index in [9.17, 15) is 0 Å². The summed E-state index contributed by atoms with van der Waals surface area (Å²) in [5, 5.41) is 4.01. The lowest BCUT2D eigenvalue weighted by Crippen LogP contribution is -2.33. The second-order valence-electron chi connectivity index (χ2n) is 16.5. The van der Waals surface area contributed by atoms with Gasteiger partial charge in [-0.15, -0.1) is 0 Å². The highest BCUT2D eigenvalue weighted by Crippen LogP contribution is 2.22. The van der Waals surface area contributed by atoms with Gasteiger partial charge in [0.1, 0.15) is 5.71 Å². The van der Waals surface area contributed by atoms with Crippen molar-refractivity contribution in [3.05, 3.63) is 0 Å². The third-order valence-electron chi connectivity index (χ3n) is 10.4. The van der Waals surface area contributed by atoms with Gasteiger partial charge in [-0.2, -0.15) is 5.10 Å². The van der Waals surface area contributed by atoms with Crippen LogP contribution in [0.2, 0.25) is 0 Å². The Labute approximate surface area is 313 Å². The predicted octanol–water partition coefficient (Wildman–Crippen LogP) is 13.2. The number of aliphatic imine (C=N–C) groups is 1. The number of rotatable bonds is 39. The van der Waals surface area contributed by atoms with Crippen LogP contribution in [0.5, 0.6) is 0 Å². The molecule has 0 aromatic rings. The number of hydrazone groups is 1. The maximum Gasteiger partial charge on any atom is 0.103 e. The van der Waals surface area contributed by atoms with Gasteiger partial charge in [0.05, 0.1) is 24.4 Å². The van der Waals surface area contributed by atoms with E-state index in [2.05, 4.69) is 46.6 Å². The Balaban J connectivity index is 4.57. The molecule has 0 bridgehead atoms. The number of nitrogens with two attached hydrogens (primary N) is 1. The van der Waals surface area contributed by atoms with Crippen LogP contribution in [-0.4, -0.2) is 56.6 Å². The summed E-state index contributed by atoms with van der Waals surface area (Å²) in [4.78, 5) is 4.87. The van der Waals surface area contributed by atoms with Crippen LogP contribution in [0.4, 0.5) is 0 Å². The number of hydrogen-bond acceptors (Lipinski definition) is 6. The van der Waals surface area contributed by atoms with Crippen molar-refractivity contribution in [1.29, 1.82) is 0 Å². The van der Waals surface area contributed by atoms with Crippen molar-refractivity contribution in [2.75, 3.05) is 33.5 Å². The molecule has 0 rings (SSSR count). The molecule has 0 aromatic carbocycles. The fourth-order valence-corrected chi connectivity index (χ4v) is 6.62. The maximum absolute atomic E-state index is 6.23. The van der Waals surface area contributed by atoms with Crippen LogP contribution in [0.3, 0.4) is 0 Å². The second kappa shape index (κ2) is 35.1. The highest BCUT2D eigenvalue weighted by molar-refractivity contribution is 6.31. The molecule has 6 heteroatoms. The van der Waals surface area contributed by atoms with Crippen molar-refractivity contribution in [3.8, 4) is 0 Å². The Morgan fingerprint density at radius 2 is 0.940 bits per heavy atom. The van der Waals surface area contributed by atoms with E-state index in [0.29, 0.717) is 31.5 Å². The first-order valence-corrected chi connectivity index (χ1v) is 21.7. The van der Waals surface area contributed by atoms with Crippen LogP contribution in [-0.2, 0) is 14.2 Å². The monoisotopic (exact) mass is 708 g/mol. The molecule has 0 atom stereocenters. The van der Waals surface area contributed by atoms with E-state index in [1.807, 2.05) is 6.21 Å². The highest BCUT2D eigenvalue weighted by atomic mass is 16.5. The van der Waals surface area contributed by atoms with Crippen molar-refractivity contribution in [2.45, 2.75) is 233 Å². The largest absolute Gasteiger partial charge is 0.385 e. The molecule has 50 heavy (non-hydrogen) atoms. The van der Waals surface area contributed by atoms with E-state index in [1.54, 1.807) is 7.11 Å². The molecule has 6 nitrogen and oxygen atoms in total. The van der Waals surface area contributed by atoms with Crippen LogP contribution in [0.25, 0.3) is 0 Å². The lowest BCUT2D eigenvalue weighted by Gasteiger charge is -2.29. The van der Waals surface area contributed by atoms with Crippen molar-refractivity contribution < 1.29 is 14.2 Å². The zero-order chi connectivity index (χ0) is 37.0. The Morgan fingerprint density at radius 1 is 0.560 bits per heavy atom. The molecule has 0 spiro atoms. The van der Waals surface area contributed by atoms with Crippen LogP contribution in [0.15, 0.2) is 10.1 Å². The normalized spacial score (nSPS) is 13.0. The Bertz CT molecular complexity index is 740. The zero-order valence-electron chi connectivity index (χ0n) is 35.0. The predicted molar refractivity (Wildman–Crippen MR) is 221 cm³/mol. The van der Waals surface area contributed by atoms with Crippen molar-refractivity contribution in [2.24, 2.45) is 21.9 Å². The summed E-state index contributed by atoms with van der Waals surface area (Å²) in [7, 11) is 1.73. The Hall–Kier alpha value is -0.980. The fourth-order valence-electron chi connectivity index (χ4n) is 6.62. The van der Waals surface area contributed by atoms with E-state index >= 15 is 0 Å². The second-order valence-corrected chi connectivity index (χ2v) is 16.5. The molecule has 2 N–H and O–H groups in total. The van der Waals surface area contributed by atoms with Gasteiger partial charge in [-0.3, -0.25) is 4.99 Å². The average Bonchev–Trinajstić information content (AvgIpc) is 3.09. The van der Waals surface area contributed by atoms with Crippen molar-refractivity contribution >= 4 is 11.9 Å². The molecule has 0 radical (unpaired) electrons. The Kier molecular flexibility index (Phi) is 34.4. The fraction of sp³-hybridized carbons (Fsp3) is 0.955. The smallest absolute Gasteiger partial charge is 0.103 e. The topological polar surface area (TPSA) is 78.4 Å². The molecule has 0 unspecified atom stereocenters. The van der Waals surface area contributed by atoms with E-state index < -0.39 is 0 Å². The first-order valence-electron chi connectivity index (χ1n) is 21.7. The van der Waals surface area contributed by atoms with Gasteiger partial charge in [0, 0.05) is 26.5 Å². The molecule has 0 saturated carbocycles. The van der Waals surface area contributed by atoms with Gasteiger partial charge in [-0.05, 0) is 59.3 Å². The van der Waals surface area contributed by atoms with Gasteiger partial charge >= 0.3 is 0 Å². The molecule has 0 fully saturated rings. The lowest BCUT2D eigenvalue weighted by molar-refractivity contribution is -0.0719. The van der Waals surface area contributed by atoms with E-state index in [4.69, 9.17) is 25.0 Å². The van der Waals surface area contributed by atoms with E-state index in [1.165, 1.54) is 167 Å². The first kappa shape index (κ1) is 49.0. The molecule has 0 heterocycles. The summed E-state index contributed by atoms with van der Waals surface area (Å²) in [6.45, 7) is 15.6. The minimum atomic E-state index is -0.340. The minimum absolute atomic E-state index is 0.209. The molecule has 0 aliphatic rings. The van der Waals surface area contributed by atoms with E-state index in [-0.39, 0.29) is 11.2 Å². The summed E-state index contributed by atoms with van der Waals surface area (Å²) in [5.41, 5.74) is 0.154. The Morgan fingerprint density at radius 3 is 1.34 bits per heavy atom. The summed E-state index contributed by atoms with van der Waals surface area (Å²) in [5.74, 6) is 6.42. The SMILES string of the molecule is CCCCCCCCCCCCCCC(CCCCCCCCCCCCCC)CN=C/C(COC(C)(C)CCOC(C)(C)CCOC)=N\N. The summed E-state index contributed by atoms with van der Waals surface area (Å²) in [6.07, 6.45) is 39.7. The number of unbranched alkanes of at least 4 members (excludes halogenated alkanes) is 22. The lowest BCUT2D eigenvalue weighted by atomic mass is 9.94. The van der Waals surface area contributed by atoms with Gasteiger partial charge in [-0.25, -0.2) is 0 Å². The van der Waals surface area contributed by atoms with Crippen molar-refractivity contribution in [1.82, 2.24) is 0 Å². The highest BCUT2D eigenvalue weighted by Gasteiger charge is 2.23. The zero-order valence-corrected chi connectivity index (χ0v) is 35.0. The molecular formula is C44H89N3O3. The molecule has 0 aliphatic heterocycles. The van der Waals surface area contributed by atoms with Gasteiger partial charge in [0.2, 0.25) is 0 Å². The molecule has 0 aromatic heterocycles. The van der Waals surface area contributed by atoms with Gasteiger partial charge in [-0.1, -0.05) is 168 Å². The summed E-state index contributed by atoms with van der Waals surface area (Å²) >= 11 is 0. The van der Waals surface area contributed by atoms with E-state index in [0.717, 1.165) is 19.4 Å². The minimum Gasteiger partial charge on any atom is -0.385 e. The van der Waals surface area contributed by atoms with Crippen LogP contribution < -0.4 is 5.84 Å². The quantitative estimate of drug-likeness (QED) is 0.0298.